The number of ether oxygens (including phenoxy) is 1. The summed E-state index contributed by atoms with van der Waals surface area (Å²) in [6, 6.07) is 9.08. The first-order valence-corrected chi connectivity index (χ1v) is 15.1. The number of amides is 1. The molecular weight excluding hydrogens is 571 g/mol. The molecule has 1 aliphatic rings. The van der Waals surface area contributed by atoms with E-state index in [9.17, 15) is 14.7 Å². The highest BCUT2D eigenvalue weighted by Crippen LogP contribution is 2.35. The number of aliphatic carboxylic acids is 1. The maximum absolute atomic E-state index is 13.5. The van der Waals surface area contributed by atoms with Gasteiger partial charge in [-0.1, -0.05) is 53.9 Å². The molecule has 1 N–H and O–H groups in total. The number of nitrogens with zero attached hydrogens (tertiary/aromatic N) is 4. The van der Waals surface area contributed by atoms with Crippen molar-refractivity contribution >= 4 is 51.5 Å². The topological polar surface area (TPSA) is 95.9 Å². The quantitative estimate of drug-likeness (QED) is 0.258. The lowest BCUT2D eigenvalue weighted by Gasteiger charge is -2.30. The van der Waals surface area contributed by atoms with Crippen LogP contribution in [0.25, 0.3) is 10.6 Å². The summed E-state index contributed by atoms with van der Waals surface area (Å²) in [5, 5.41) is 19.7. The third kappa shape index (κ3) is 7.13. The molecule has 2 heterocycles. The number of anilines is 1. The molecule has 4 rings (SSSR count). The highest BCUT2D eigenvalue weighted by Gasteiger charge is 2.26. The number of aromatic nitrogens is 2. The van der Waals surface area contributed by atoms with Gasteiger partial charge in [-0.2, -0.15) is 0 Å². The Bertz CT molecular complexity index is 1330. The summed E-state index contributed by atoms with van der Waals surface area (Å²) in [5.41, 5.74) is 3.22. The zero-order chi connectivity index (χ0) is 28.8. The first-order chi connectivity index (χ1) is 19.2. The number of hydrogen-bond donors (Lipinski definition) is 1. The van der Waals surface area contributed by atoms with Gasteiger partial charge in [0, 0.05) is 18.7 Å². The van der Waals surface area contributed by atoms with Crippen LogP contribution in [0.5, 0.6) is 5.75 Å². The van der Waals surface area contributed by atoms with Crippen molar-refractivity contribution in [2.24, 2.45) is 5.92 Å². The average Bonchev–Trinajstić information content (AvgIpc) is 3.42. The second-order valence-electron chi connectivity index (χ2n) is 10.0. The molecule has 0 bridgehead atoms. The van der Waals surface area contributed by atoms with Crippen LogP contribution in [0.4, 0.5) is 5.13 Å². The van der Waals surface area contributed by atoms with Crippen LogP contribution in [0.1, 0.15) is 54.1 Å². The molecule has 0 spiro atoms. The first kappa shape index (κ1) is 30.2. The van der Waals surface area contributed by atoms with Gasteiger partial charge in [0.15, 0.2) is 0 Å². The Morgan fingerprint density at radius 2 is 1.85 bits per heavy atom. The summed E-state index contributed by atoms with van der Waals surface area (Å²) in [6.45, 7) is 9.40. The standard InChI is InChI=1S/C29H34Cl2N4O4S/c1-4-5-11-35(27(36)22-7-6-8-23(30)24(22)31)29-33-32-26(40-29)21-16-18(2)25(19(3)17-21)39-15-14-34-12-9-20(10-13-34)28(37)38/h6-8,16-17,20H,4-5,9-15H2,1-3H3,(H,37,38). The van der Waals surface area contributed by atoms with Crippen molar-refractivity contribution in [2.45, 2.75) is 46.5 Å². The Labute approximate surface area is 248 Å². The van der Waals surface area contributed by atoms with E-state index in [0.717, 1.165) is 54.9 Å². The number of carbonyl (C=O) groups excluding carboxylic acids is 1. The Balaban J connectivity index is 1.46. The van der Waals surface area contributed by atoms with Gasteiger partial charge in [-0.15, -0.1) is 10.2 Å². The zero-order valence-electron chi connectivity index (χ0n) is 23.0. The summed E-state index contributed by atoms with van der Waals surface area (Å²) in [5.74, 6) is -0.353. The summed E-state index contributed by atoms with van der Waals surface area (Å²) in [7, 11) is 0. The normalized spacial score (nSPS) is 14.3. The molecule has 1 aliphatic heterocycles. The number of hydrogen-bond acceptors (Lipinski definition) is 7. The lowest BCUT2D eigenvalue weighted by atomic mass is 9.97. The van der Waals surface area contributed by atoms with Crippen molar-refractivity contribution < 1.29 is 19.4 Å². The molecule has 0 atom stereocenters. The fourth-order valence-electron chi connectivity index (χ4n) is 4.84. The summed E-state index contributed by atoms with van der Waals surface area (Å²) >= 11 is 13.9. The number of likely N-dealkylation sites (tertiary alicyclic amines) is 1. The van der Waals surface area contributed by atoms with Crippen molar-refractivity contribution in [1.29, 1.82) is 0 Å². The number of rotatable bonds is 11. The Kier molecular flexibility index (Phi) is 10.4. The summed E-state index contributed by atoms with van der Waals surface area (Å²) in [4.78, 5) is 28.5. The summed E-state index contributed by atoms with van der Waals surface area (Å²) in [6.07, 6.45) is 3.08. The average molecular weight is 606 g/mol. The first-order valence-electron chi connectivity index (χ1n) is 13.5. The number of unbranched alkanes of at least 4 members (excludes halogenated alkanes) is 1. The molecule has 0 saturated carbocycles. The van der Waals surface area contributed by atoms with Gasteiger partial charge < -0.3 is 9.84 Å². The predicted molar refractivity (Wildman–Crippen MR) is 160 cm³/mol. The largest absolute Gasteiger partial charge is 0.492 e. The van der Waals surface area contributed by atoms with Crippen LogP contribution in [0, 0.1) is 19.8 Å². The third-order valence-corrected chi connectivity index (χ3v) is 8.92. The number of benzene rings is 2. The number of carboxylic acids is 1. The zero-order valence-corrected chi connectivity index (χ0v) is 25.3. The molecule has 1 amide bonds. The molecule has 214 valence electrons. The van der Waals surface area contributed by atoms with Crippen molar-refractivity contribution in [3.8, 4) is 16.3 Å². The SMILES string of the molecule is CCCCN(C(=O)c1cccc(Cl)c1Cl)c1nnc(-c2cc(C)c(OCCN3CCC(C(=O)O)CC3)c(C)c2)s1. The highest BCUT2D eigenvalue weighted by molar-refractivity contribution is 7.18. The van der Waals surface area contributed by atoms with E-state index >= 15 is 0 Å². The van der Waals surface area contributed by atoms with Gasteiger partial charge in [-0.05, 0) is 81.6 Å². The van der Waals surface area contributed by atoms with E-state index in [4.69, 9.17) is 27.9 Å². The number of piperidine rings is 1. The fraction of sp³-hybridized carbons (Fsp3) is 0.448. The van der Waals surface area contributed by atoms with Crippen LogP contribution >= 0.6 is 34.5 Å². The van der Waals surface area contributed by atoms with Crippen molar-refractivity contribution in [3.63, 3.8) is 0 Å². The smallest absolute Gasteiger partial charge is 0.306 e. The minimum atomic E-state index is -0.699. The van der Waals surface area contributed by atoms with Crippen LogP contribution in [0.3, 0.4) is 0 Å². The Hall–Kier alpha value is -2.72. The van der Waals surface area contributed by atoms with E-state index in [1.165, 1.54) is 11.3 Å². The minimum Gasteiger partial charge on any atom is -0.492 e. The predicted octanol–water partition coefficient (Wildman–Crippen LogP) is 6.75. The molecule has 2 aromatic carbocycles. The maximum atomic E-state index is 13.5. The molecule has 3 aromatic rings. The molecule has 8 nitrogen and oxygen atoms in total. The van der Waals surface area contributed by atoms with Gasteiger partial charge in [-0.3, -0.25) is 19.4 Å². The molecule has 1 fully saturated rings. The molecular formula is C29H34Cl2N4O4S. The van der Waals surface area contributed by atoms with Gasteiger partial charge in [0.25, 0.3) is 5.91 Å². The van der Waals surface area contributed by atoms with E-state index in [-0.39, 0.29) is 16.8 Å². The van der Waals surface area contributed by atoms with E-state index in [1.54, 1.807) is 23.1 Å². The van der Waals surface area contributed by atoms with Crippen LogP contribution in [-0.4, -0.2) is 64.9 Å². The van der Waals surface area contributed by atoms with E-state index < -0.39 is 5.97 Å². The van der Waals surface area contributed by atoms with E-state index in [2.05, 4.69) is 22.0 Å². The van der Waals surface area contributed by atoms with Crippen LogP contribution < -0.4 is 9.64 Å². The second-order valence-corrected chi connectivity index (χ2v) is 11.8. The van der Waals surface area contributed by atoms with Gasteiger partial charge in [0.05, 0.1) is 21.5 Å². The molecule has 0 radical (unpaired) electrons. The highest BCUT2D eigenvalue weighted by atomic mass is 35.5. The second kappa shape index (κ2) is 13.8. The molecule has 0 unspecified atom stereocenters. The van der Waals surface area contributed by atoms with Crippen molar-refractivity contribution in [3.05, 3.63) is 57.1 Å². The summed E-state index contributed by atoms with van der Waals surface area (Å²) < 4.78 is 6.16. The number of aryl methyl sites for hydroxylation is 2. The molecule has 1 saturated heterocycles. The van der Waals surface area contributed by atoms with Crippen LogP contribution in [0.2, 0.25) is 10.0 Å². The number of carboxylic acid groups (broad SMARTS) is 1. The lowest BCUT2D eigenvalue weighted by molar-refractivity contribution is -0.143. The molecule has 1 aromatic heterocycles. The minimum absolute atomic E-state index is 0.229. The molecule has 40 heavy (non-hydrogen) atoms. The van der Waals surface area contributed by atoms with Gasteiger partial charge >= 0.3 is 5.97 Å². The lowest BCUT2D eigenvalue weighted by Crippen LogP contribution is -2.38. The molecule has 0 aliphatic carbocycles. The Morgan fingerprint density at radius 3 is 2.50 bits per heavy atom. The van der Waals surface area contributed by atoms with E-state index in [0.29, 0.717) is 46.7 Å². The van der Waals surface area contributed by atoms with Crippen molar-refractivity contribution in [2.75, 3.05) is 37.7 Å². The number of carbonyl (C=O) groups is 2. The van der Waals surface area contributed by atoms with Gasteiger partial charge in [0.2, 0.25) is 5.13 Å². The van der Waals surface area contributed by atoms with E-state index in [1.807, 2.05) is 26.0 Å². The fourth-order valence-corrected chi connectivity index (χ4v) is 6.08. The van der Waals surface area contributed by atoms with Gasteiger partial charge in [0.1, 0.15) is 17.4 Å². The van der Waals surface area contributed by atoms with Gasteiger partial charge in [-0.25, -0.2) is 0 Å². The number of halogens is 2. The third-order valence-electron chi connectivity index (χ3n) is 7.11. The van der Waals surface area contributed by atoms with Crippen LogP contribution in [-0.2, 0) is 4.79 Å². The van der Waals surface area contributed by atoms with Crippen molar-refractivity contribution in [1.82, 2.24) is 15.1 Å². The van der Waals surface area contributed by atoms with Crippen LogP contribution in [0.15, 0.2) is 30.3 Å². The maximum Gasteiger partial charge on any atom is 0.306 e. The Morgan fingerprint density at radius 1 is 1.15 bits per heavy atom. The monoisotopic (exact) mass is 604 g/mol. The molecule has 11 heteroatoms.